The summed E-state index contributed by atoms with van der Waals surface area (Å²) in [6.07, 6.45) is 5.18. The van der Waals surface area contributed by atoms with E-state index in [0.717, 1.165) is 18.8 Å². The van der Waals surface area contributed by atoms with E-state index < -0.39 is 0 Å². The van der Waals surface area contributed by atoms with E-state index in [1.807, 2.05) is 12.1 Å². The molecule has 0 spiro atoms. The highest BCUT2D eigenvalue weighted by Gasteiger charge is 2.10. The summed E-state index contributed by atoms with van der Waals surface area (Å²) in [6, 6.07) is 8.03. The van der Waals surface area contributed by atoms with Crippen molar-refractivity contribution in [3.63, 3.8) is 0 Å². The molecule has 1 heterocycles. The molecule has 1 fully saturated rings. The lowest BCUT2D eigenvalue weighted by Crippen LogP contribution is -2.24. The topological polar surface area (TPSA) is 67.6 Å². The average Bonchev–Trinajstić information content (AvgIpc) is 2.77. The van der Waals surface area contributed by atoms with Crippen LogP contribution in [0.4, 0.5) is 11.4 Å². The summed E-state index contributed by atoms with van der Waals surface area (Å²) in [5.41, 5.74) is 7.34. The van der Waals surface area contributed by atoms with Crippen LogP contribution in [-0.4, -0.2) is 38.8 Å². The number of carbonyl (C=O) groups excluding carboxylic acids is 1. The van der Waals surface area contributed by atoms with Crippen LogP contribution in [0, 0.1) is 0 Å². The fraction of sp³-hybridized carbons (Fsp3) is 0.562. The van der Waals surface area contributed by atoms with Gasteiger partial charge in [-0.25, -0.2) is 0 Å². The summed E-state index contributed by atoms with van der Waals surface area (Å²) < 4.78 is 5.10. The molecule has 0 aliphatic carbocycles. The van der Waals surface area contributed by atoms with Gasteiger partial charge in [-0.15, -0.1) is 0 Å². The maximum Gasteiger partial charge on any atom is 0.250 e. The predicted octanol–water partition coefficient (Wildman–Crippen LogP) is 1.98. The van der Waals surface area contributed by atoms with Gasteiger partial charge in [-0.2, -0.15) is 0 Å². The van der Waals surface area contributed by atoms with Crippen LogP contribution in [0.25, 0.3) is 0 Å². The minimum absolute atomic E-state index is 0.0467. The molecule has 0 atom stereocenters. The van der Waals surface area contributed by atoms with Crippen molar-refractivity contribution < 1.29 is 9.53 Å². The van der Waals surface area contributed by atoms with Crippen molar-refractivity contribution in [3.8, 4) is 0 Å². The molecule has 5 heteroatoms. The first-order valence-electron chi connectivity index (χ1n) is 7.72. The molecule has 0 aromatic heterocycles. The second-order valence-corrected chi connectivity index (χ2v) is 5.34. The highest BCUT2D eigenvalue weighted by molar-refractivity contribution is 5.91. The average molecular weight is 291 g/mol. The molecule has 2 rings (SSSR count). The molecule has 1 amide bonds. The maximum atomic E-state index is 11.6. The van der Waals surface area contributed by atoms with Crippen LogP contribution in [0.5, 0.6) is 0 Å². The van der Waals surface area contributed by atoms with Crippen molar-refractivity contribution in [3.05, 3.63) is 24.3 Å². The monoisotopic (exact) mass is 291 g/mol. The van der Waals surface area contributed by atoms with Gasteiger partial charge >= 0.3 is 0 Å². The Hall–Kier alpha value is -1.59. The molecular formula is C16H25N3O2. The first-order chi connectivity index (χ1) is 10.3. The Balaban J connectivity index is 1.84. The number of benzene rings is 1. The normalized spacial score (nSPS) is 15.6. The highest BCUT2D eigenvalue weighted by atomic mass is 16.5. The molecule has 1 aliphatic heterocycles. The third-order valence-electron chi connectivity index (χ3n) is 3.62. The second kappa shape index (κ2) is 8.64. The lowest BCUT2D eigenvalue weighted by molar-refractivity contribution is -0.120. The fourth-order valence-electron chi connectivity index (χ4n) is 2.53. The van der Waals surface area contributed by atoms with E-state index in [9.17, 15) is 4.79 Å². The second-order valence-electron chi connectivity index (χ2n) is 5.34. The molecular weight excluding hydrogens is 266 g/mol. The molecule has 1 aromatic rings. The SMILES string of the molecule is NCCOCC(=O)Nc1ccc(N2CCCCCC2)cc1. The van der Waals surface area contributed by atoms with Crippen molar-refractivity contribution in [2.45, 2.75) is 25.7 Å². The molecule has 21 heavy (non-hydrogen) atoms. The van der Waals surface area contributed by atoms with Gasteiger partial charge in [-0.1, -0.05) is 12.8 Å². The zero-order valence-corrected chi connectivity index (χ0v) is 12.5. The Bertz CT molecular complexity index is 426. The molecule has 1 aromatic carbocycles. The summed E-state index contributed by atoms with van der Waals surface area (Å²) in [7, 11) is 0. The molecule has 0 saturated carbocycles. The Kier molecular flexibility index (Phi) is 6.50. The van der Waals surface area contributed by atoms with E-state index in [1.165, 1.54) is 31.4 Å². The Morgan fingerprint density at radius 2 is 1.81 bits per heavy atom. The zero-order chi connectivity index (χ0) is 14.9. The predicted molar refractivity (Wildman–Crippen MR) is 85.6 cm³/mol. The van der Waals surface area contributed by atoms with Crippen LogP contribution in [0.3, 0.4) is 0 Å². The van der Waals surface area contributed by atoms with Gasteiger partial charge in [0, 0.05) is 31.0 Å². The van der Waals surface area contributed by atoms with Gasteiger partial charge in [-0.05, 0) is 37.1 Å². The Morgan fingerprint density at radius 3 is 2.43 bits per heavy atom. The van der Waals surface area contributed by atoms with Gasteiger partial charge in [0.25, 0.3) is 0 Å². The summed E-state index contributed by atoms with van der Waals surface area (Å²) in [6.45, 7) is 3.13. The molecule has 0 radical (unpaired) electrons. The first-order valence-corrected chi connectivity index (χ1v) is 7.72. The lowest BCUT2D eigenvalue weighted by atomic mass is 10.2. The molecule has 5 nitrogen and oxygen atoms in total. The quantitative estimate of drug-likeness (QED) is 0.787. The van der Waals surface area contributed by atoms with Gasteiger partial charge in [0.15, 0.2) is 0 Å². The molecule has 0 unspecified atom stereocenters. The highest BCUT2D eigenvalue weighted by Crippen LogP contribution is 2.21. The Morgan fingerprint density at radius 1 is 1.14 bits per heavy atom. The van der Waals surface area contributed by atoms with Crippen molar-refractivity contribution >= 4 is 17.3 Å². The number of anilines is 2. The number of nitrogens with two attached hydrogens (primary N) is 1. The number of rotatable bonds is 6. The smallest absolute Gasteiger partial charge is 0.250 e. The van der Waals surface area contributed by atoms with Crippen molar-refractivity contribution in [2.24, 2.45) is 5.73 Å². The van der Waals surface area contributed by atoms with E-state index >= 15 is 0 Å². The van der Waals surface area contributed by atoms with Crippen LogP contribution in [0.1, 0.15) is 25.7 Å². The fourth-order valence-corrected chi connectivity index (χ4v) is 2.53. The summed E-state index contributed by atoms with van der Waals surface area (Å²) in [5, 5.41) is 2.82. The third kappa shape index (κ3) is 5.36. The number of nitrogens with zero attached hydrogens (tertiary/aromatic N) is 1. The van der Waals surface area contributed by atoms with E-state index in [0.29, 0.717) is 13.2 Å². The number of nitrogens with one attached hydrogen (secondary N) is 1. The van der Waals surface area contributed by atoms with Crippen LogP contribution >= 0.6 is 0 Å². The van der Waals surface area contributed by atoms with Gasteiger partial charge in [0.2, 0.25) is 5.91 Å². The zero-order valence-electron chi connectivity index (χ0n) is 12.5. The largest absolute Gasteiger partial charge is 0.372 e. The van der Waals surface area contributed by atoms with E-state index in [2.05, 4.69) is 22.3 Å². The maximum absolute atomic E-state index is 11.6. The van der Waals surface area contributed by atoms with Crippen LogP contribution in [-0.2, 0) is 9.53 Å². The number of amides is 1. The van der Waals surface area contributed by atoms with Gasteiger partial charge < -0.3 is 20.7 Å². The Labute approximate surface area is 126 Å². The number of ether oxygens (including phenoxy) is 1. The van der Waals surface area contributed by atoms with Gasteiger partial charge in [0.1, 0.15) is 6.61 Å². The van der Waals surface area contributed by atoms with Crippen LogP contribution in [0.15, 0.2) is 24.3 Å². The van der Waals surface area contributed by atoms with Gasteiger partial charge in [0.05, 0.1) is 6.61 Å². The summed E-state index contributed by atoms with van der Waals surface area (Å²) >= 11 is 0. The molecule has 0 bridgehead atoms. The lowest BCUT2D eigenvalue weighted by Gasteiger charge is -2.22. The van der Waals surface area contributed by atoms with E-state index in [1.54, 1.807) is 0 Å². The molecule has 116 valence electrons. The minimum atomic E-state index is -0.147. The molecule has 3 N–H and O–H groups in total. The summed E-state index contributed by atoms with van der Waals surface area (Å²) in [4.78, 5) is 14.1. The minimum Gasteiger partial charge on any atom is -0.372 e. The number of hydrogen-bond donors (Lipinski definition) is 2. The first kappa shape index (κ1) is 15.8. The summed E-state index contributed by atoms with van der Waals surface area (Å²) in [5.74, 6) is -0.147. The van der Waals surface area contributed by atoms with E-state index in [4.69, 9.17) is 10.5 Å². The van der Waals surface area contributed by atoms with Crippen molar-refractivity contribution in [2.75, 3.05) is 43.1 Å². The van der Waals surface area contributed by atoms with Crippen molar-refractivity contribution in [1.29, 1.82) is 0 Å². The van der Waals surface area contributed by atoms with Crippen LogP contribution in [0.2, 0.25) is 0 Å². The molecule has 1 aliphatic rings. The van der Waals surface area contributed by atoms with Gasteiger partial charge in [-0.3, -0.25) is 4.79 Å². The van der Waals surface area contributed by atoms with Crippen LogP contribution < -0.4 is 16.0 Å². The number of carbonyl (C=O) groups is 1. The third-order valence-corrected chi connectivity index (χ3v) is 3.62. The molecule has 1 saturated heterocycles. The number of hydrogen-bond acceptors (Lipinski definition) is 4. The standard InChI is InChI=1S/C16H25N3O2/c17-9-12-21-13-16(20)18-14-5-7-15(8-6-14)19-10-3-1-2-4-11-19/h5-8H,1-4,9-13,17H2,(H,18,20). The van der Waals surface area contributed by atoms with E-state index in [-0.39, 0.29) is 12.5 Å². The van der Waals surface area contributed by atoms with Crippen molar-refractivity contribution in [1.82, 2.24) is 0 Å².